The van der Waals surface area contributed by atoms with E-state index in [9.17, 15) is 4.79 Å². The van der Waals surface area contributed by atoms with E-state index >= 15 is 0 Å². The molecule has 1 amide bonds. The Hall–Kier alpha value is -1.55. The van der Waals surface area contributed by atoms with Gasteiger partial charge in [0.25, 0.3) is 0 Å². The maximum atomic E-state index is 12.1. The van der Waals surface area contributed by atoms with Crippen LogP contribution in [-0.2, 0) is 17.8 Å². The minimum Gasteiger partial charge on any atom is -0.398 e. The van der Waals surface area contributed by atoms with Gasteiger partial charge in [-0.05, 0) is 36.5 Å². The van der Waals surface area contributed by atoms with Gasteiger partial charge in [-0.2, -0.15) is 0 Å². The summed E-state index contributed by atoms with van der Waals surface area (Å²) in [6.45, 7) is 2.26. The first-order chi connectivity index (χ1) is 9.15. The molecule has 1 saturated carbocycles. The molecule has 0 saturated heterocycles. The minimum atomic E-state index is 0.237. The lowest BCUT2D eigenvalue weighted by molar-refractivity contribution is -0.131. The summed E-state index contributed by atoms with van der Waals surface area (Å²) in [5.41, 5.74) is 9.42. The summed E-state index contributed by atoms with van der Waals surface area (Å²) in [5, 5.41) is 0. The van der Waals surface area contributed by atoms with Crippen LogP contribution in [0.25, 0.3) is 0 Å². The third-order valence-electron chi connectivity index (χ3n) is 4.24. The van der Waals surface area contributed by atoms with Crippen LogP contribution in [0.1, 0.15) is 24.0 Å². The summed E-state index contributed by atoms with van der Waals surface area (Å²) in [5.74, 6) is 0.237. The number of fused-ring (bicyclic) bond motifs is 1. The molecular formula is C15H21N3O. The summed E-state index contributed by atoms with van der Waals surface area (Å²) in [6, 6.07) is 6.59. The monoisotopic (exact) mass is 259 g/mol. The zero-order valence-electron chi connectivity index (χ0n) is 11.4. The number of nitrogen functional groups attached to an aromatic ring is 1. The van der Waals surface area contributed by atoms with E-state index in [0.717, 1.165) is 38.0 Å². The quantitative estimate of drug-likeness (QED) is 0.831. The molecule has 0 unspecified atom stereocenters. The summed E-state index contributed by atoms with van der Waals surface area (Å²) < 4.78 is 0. The van der Waals surface area contributed by atoms with Crippen molar-refractivity contribution in [2.24, 2.45) is 0 Å². The number of nitrogens with zero attached hydrogens (tertiary/aromatic N) is 2. The van der Waals surface area contributed by atoms with Crippen molar-refractivity contribution < 1.29 is 4.79 Å². The third-order valence-corrected chi connectivity index (χ3v) is 4.24. The second-order valence-electron chi connectivity index (χ2n) is 5.68. The number of carbonyl (C=O) groups is 1. The molecule has 1 aromatic carbocycles. The van der Waals surface area contributed by atoms with Crippen LogP contribution in [0.15, 0.2) is 18.2 Å². The average Bonchev–Trinajstić information content (AvgIpc) is 3.23. The number of rotatable bonds is 3. The molecule has 1 aliphatic carbocycles. The van der Waals surface area contributed by atoms with E-state index in [4.69, 9.17) is 5.73 Å². The summed E-state index contributed by atoms with van der Waals surface area (Å²) in [4.78, 5) is 16.3. The van der Waals surface area contributed by atoms with E-state index in [1.54, 1.807) is 0 Å². The Bertz CT molecular complexity index is 496. The standard InChI is InChI=1S/C15H21N3O/c1-17(12-5-6-12)15(19)10-18-8-7-11-3-2-4-14(16)13(11)9-18/h2-4,12H,5-10,16H2,1H3. The molecule has 102 valence electrons. The summed E-state index contributed by atoms with van der Waals surface area (Å²) in [6.07, 6.45) is 3.32. The first-order valence-electron chi connectivity index (χ1n) is 6.99. The largest absolute Gasteiger partial charge is 0.398 e. The van der Waals surface area contributed by atoms with E-state index < -0.39 is 0 Å². The van der Waals surface area contributed by atoms with E-state index in [-0.39, 0.29) is 5.91 Å². The molecule has 0 spiro atoms. The molecule has 1 heterocycles. The fourth-order valence-electron chi connectivity index (χ4n) is 2.77. The first kappa shape index (κ1) is 12.5. The highest BCUT2D eigenvalue weighted by Gasteiger charge is 2.30. The number of likely N-dealkylation sites (N-methyl/N-ethyl adjacent to an activating group) is 1. The normalized spacial score (nSPS) is 19.0. The zero-order valence-corrected chi connectivity index (χ0v) is 11.4. The van der Waals surface area contributed by atoms with E-state index in [0.29, 0.717) is 12.6 Å². The lowest BCUT2D eigenvalue weighted by atomic mass is 9.98. The Morgan fingerprint density at radius 2 is 2.26 bits per heavy atom. The van der Waals surface area contributed by atoms with Gasteiger partial charge in [-0.25, -0.2) is 0 Å². The van der Waals surface area contributed by atoms with Crippen LogP contribution in [0.5, 0.6) is 0 Å². The second-order valence-corrected chi connectivity index (χ2v) is 5.68. The molecule has 1 fully saturated rings. The molecule has 0 radical (unpaired) electrons. The number of amides is 1. The van der Waals surface area contributed by atoms with Crippen molar-refractivity contribution in [2.75, 3.05) is 25.9 Å². The predicted octanol–water partition coefficient (Wildman–Crippen LogP) is 1.25. The van der Waals surface area contributed by atoms with Gasteiger partial charge in [0.1, 0.15) is 0 Å². The first-order valence-corrected chi connectivity index (χ1v) is 6.99. The van der Waals surface area contributed by atoms with Crippen molar-refractivity contribution in [3.8, 4) is 0 Å². The lowest BCUT2D eigenvalue weighted by Crippen LogP contribution is -2.41. The van der Waals surface area contributed by atoms with Gasteiger partial charge >= 0.3 is 0 Å². The van der Waals surface area contributed by atoms with Crippen molar-refractivity contribution in [3.63, 3.8) is 0 Å². The van der Waals surface area contributed by atoms with Gasteiger partial charge < -0.3 is 10.6 Å². The van der Waals surface area contributed by atoms with Gasteiger partial charge in [-0.15, -0.1) is 0 Å². The molecule has 2 N–H and O–H groups in total. The lowest BCUT2D eigenvalue weighted by Gasteiger charge is -2.30. The van der Waals surface area contributed by atoms with Gasteiger partial charge in [0, 0.05) is 31.9 Å². The van der Waals surface area contributed by atoms with E-state index in [2.05, 4.69) is 11.0 Å². The van der Waals surface area contributed by atoms with Gasteiger partial charge in [-0.1, -0.05) is 12.1 Å². The maximum Gasteiger partial charge on any atom is 0.236 e. The molecule has 19 heavy (non-hydrogen) atoms. The summed E-state index contributed by atoms with van der Waals surface area (Å²) >= 11 is 0. The number of nitrogens with two attached hydrogens (primary N) is 1. The molecule has 0 atom stereocenters. The molecular weight excluding hydrogens is 238 g/mol. The topological polar surface area (TPSA) is 49.6 Å². The second kappa shape index (κ2) is 4.85. The van der Waals surface area contributed by atoms with Crippen molar-refractivity contribution in [1.82, 2.24) is 9.80 Å². The highest BCUT2D eigenvalue weighted by atomic mass is 16.2. The fourth-order valence-corrected chi connectivity index (χ4v) is 2.77. The highest BCUT2D eigenvalue weighted by Crippen LogP contribution is 2.27. The van der Waals surface area contributed by atoms with Crippen molar-refractivity contribution >= 4 is 11.6 Å². The van der Waals surface area contributed by atoms with Crippen molar-refractivity contribution in [2.45, 2.75) is 31.8 Å². The molecule has 3 rings (SSSR count). The van der Waals surface area contributed by atoms with Gasteiger partial charge in [0.05, 0.1) is 6.54 Å². The van der Waals surface area contributed by atoms with Gasteiger partial charge in [0.15, 0.2) is 0 Å². The fraction of sp³-hybridized carbons (Fsp3) is 0.533. The minimum absolute atomic E-state index is 0.237. The van der Waals surface area contributed by atoms with Crippen LogP contribution < -0.4 is 5.73 Å². The molecule has 4 nitrogen and oxygen atoms in total. The molecule has 1 aliphatic heterocycles. The zero-order chi connectivity index (χ0) is 13.4. The Morgan fingerprint density at radius 1 is 1.47 bits per heavy atom. The number of hydrogen-bond acceptors (Lipinski definition) is 3. The van der Waals surface area contributed by atoms with Crippen LogP contribution in [0.2, 0.25) is 0 Å². The number of carbonyl (C=O) groups excluding carboxylic acids is 1. The number of benzene rings is 1. The smallest absolute Gasteiger partial charge is 0.236 e. The molecule has 0 aromatic heterocycles. The van der Waals surface area contributed by atoms with Crippen LogP contribution in [0.4, 0.5) is 5.69 Å². The Balaban J connectivity index is 1.65. The summed E-state index contributed by atoms with van der Waals surface area (Å²) in [7, 11) is 1.92. The average molecular weight is 259 g/mol. The maximum absolute atomic E-state index is 12.1. The predicted molar refractivity (Wildman–Crippen MR) is 75.6 cm³/mol. The molecule has 0 bridgehead atoms. The number of hydrogen-bond donors (Lipinski definition) is 1. The van der Waals surface area contributed by atoms with Crippen molar-refractivity contribution in [3.05, 3.63) is 29.3 Å². The Morgan fingerprint density at radius 3 is 3.00 bits per heavy atom. The van der Waals surface area contributed by atoms with Gasteiger partial charge in [-0.3, -0.25) is 9.69 Å². The SMILES string of the molecule is CN(C(=O)CN1CCc2cccc(N)c2C1)C1CC1. The third kappa shape index (κ3) is 2.59. The molecule has 2 aliphatic rings. The van der Waals surface area contributed by atoms with Crippen molar-refractivity contribution in [1.29, 1.82) is 0 Å². The number of anilines is 1. The molecule has 4 heteroatoms. The van der Waals surface area contributed by atoms with Crippen LogP contribution in [0, 0.1) is 0 Å². The Kier molecular flexibility index (Phi) is 3.19. The van der Waals surface area contributed by atoms with Crippen LogP contribution >= 0.6 is 0 Å². The molecule has 1 aromatic rings. The Labute approximate surface area is 114 Å². The highest BCUT2D eigenvalue weighted by molar-refractivity contribution is 5.78. The van der Waals surface area contributed by atoms with E-state index in [1.165, 1.54) is 11.1 Å². The van der Waals surface area contributed by atoms with E-state index in [1.807, 2.05) is 24.1 Å². The van der Waals surface area contributed by atoms with Crippen LogP contribution in [-0.4, -0.2) is 41.9 Å². The van der Waals surface area contributed by atoms with Crippen LogP contribution in [0.3, 0.4) is 0 Å². The van der Waals surface area contributed by atoms with Gasteiger partial charge in [0.2, 0.25) is 5.91 Å².